The summed E-state index contributed by atoms with van der Waals surface area (Å²) in [7, 11) is 0. The first-order valence-electron chi connectivity index (χ1n) is 7.58. The van der Waals surface area contributed by atoms with Crippen LogP contribution in [0.3, 0.4) is 0 Å². The molecule has 1 atom stereocenters. The SMILES string of the molecule is CC(C)[C@H](Nc1ccnc(C2CC2)n1)C(=O)OC(C)(C)C. The third kappa shape index (κ3) is 4.69. The molecule has 0 aliphatic heterocycles. The average Bonchev–Trinajstić information content (AvgIpc) is 3.17. The van der Waals surface area contributed by atoms with Crippen LogP contribution in [0.2, 0.25) is 0 Å². The Hall–Kier alpha value is -1.65. The van der Waals surface area contributed by atoms with Crippen molar-refractivity contribution < 1.29 is 9.53 Å². The van der Waals surface area contributed by atoms with E-state index in [-0.39, 0.29) is 11.9 Å². The van der Waals surface area contributed by atoms with Gasteiger partial charge < -0.3 is 10.1 Å². The number of esters is 1. The third-order valence-electron chi connectivity index (χ3n) is 3.25. The van der Waals surface area contributed by atoms with Crippen molar-refractivity contribution >= 4 is 11.8 Å². The van der Waals surface area contributed by atoms with Crippen LogP contribution in [0.5, 0.6) is 0 Å². The van der Waals surface area contributed by atoms with Crippen LogP contribution in [0, 0.1) is 5.92 Å². The van der Waals surface area contributed by atoms with Crippen molar-refractivity contribution in [3.63, 3.8) is 0 Å². The molecule has 1 aromatic rings. The fourth-order valence-corrected chi connectivity index (χ4v) is 2.01. The zero-order valence-electron chi connectivity index (χ0n) is 13.5. The van der Waals surface area contributed by atoms with Crippen LogP contribution in [0.1, 0.15) is 59.2 Å². The minimum Gasteiger partial charge on any atom is -0.458 e. The number of rotatable bonds is 5. The van der Waals surface area contributed by atoms with Gasteiger partial charge in [0.15, 0.2) is 0 Å². The molecule has 21 heavy (non-hydrogen) atoms. The van der Waals surface area contributed by atoms with Crippen molar-refractivity contribution in [2.24, 2.45) is 5.92 Å². The number of aromatic nitrogens is 2. The quantitative estimate of drug-likeness (QED) is 0.844. The van der Waals surface area contributed by atoms with Crippen LogP contribution in [0.4, 0.5) is 5.82 Å². The van der Waals surface area contributed by atoms with E-state index in [0.717, 1.165) is 18.7 Å². The maximum atomic E-state index is 12.3. The van der Waals surface area contributed by atoms with E-state index in [4.69, 9.17) is 4.74 Å². The molecule has 0 radical (unpaired) electrons. The van der Waals surface area contributed by atoms with Crippen LogP contribution in [0.15, 0.2) is 12.3 Å². The molecule has 0 amide bonds. The fourth-order valence-electron chi connectivity index (χ4n) is 2.01. The van der Waals surface area contributed by atoms with Crippen molar-refractivity contribution in [1.82, 2.24) is 9.97 Å². The van der Waals surface area contributed by atoms with Gasteiger partial charge in [0, 0.05) is 12.1 Å². The molecular weight excluding hydrogens is 266 g/mol. The molecular formula is C16H25N3O2. The van der Waals surface area contributed by atoms with E-state index in [1.54, 1.807) is 12.3 Å². The maximum Gasteiger partial charge on any atom is 0.329 e. The van der Waals surface area contributed by atoms with E-state index >= 15 is 0 Å². The first-order chi connectivity index (χ1) is 9.76. The Kier molecular flexibility index (Phi) is 4.49. The first kappa shape index (κ1) is 15.7. The van der Waals surface area contributed by atoms with Gasteiger partial charge in [-0.2, -0.15) is 0 Å². The molecule has 1 aliphatic rings. The van der Waals surface area contributed by atoms with Gasteiger partial charge in [-0.05, 0) is 45.6 Å². The third-order valence-corrected chi connectivity index (χ3v) is 3.25. The molecule has 1 heterocycles. The van der Waals surface area contributed by atoms with Gasteiger partial charge in [0.25, 0.3) is 0 Å². The van der Waals surface area contributed by atoms with Gasteiger partial charge in [0.1, 0.15) is 23.3 Å². The highest BCUT2D eigenvalue weighted by molar-refractivity contribution is 5.79. The summed E-state index contributed by atoms with van der Waals surface area (Å²) < 4.78 is 5.48. The van der Waals surface area contributed by atoms with Crippen LogP contribution in [-0.2, 0) is 9.53 Å². The lowest BCUT2D eigenvalue weighted by molar-refractivity contribution is -0.156. The summed E-state index contributed by atoms with van der Waals surface area (Å²) in [4.78, 5) is 21.1. The Morgan fingerprint density at radius 3 is 2.57 bits per heavy atom. The first-order valence-corrected chi connectivity index (χ1v) is 7.58. The number of nitrogens with zero attached hydrogens (tertiary/aromatic N) is 2. The molecule has 0 spiro atoms. The number of hydrogen-bond donors (Lipinski definition) is 1. The summed E-state index contributed by atoms with van der Waals surface area (Å²) in [6.07, 6.45) is 4.06. The van der Waals surface area contributed by atoms with Gasteiger partial charge >= 0.3 is 5.97 Å². The minimum absolute atomic E-state index is 0.110. The van der Waals surface area contributed by atoms with Crippen molar-refractivity contribution in [3.05, 3.63) is 18.1 Å². The lowest BCUT2D eigenvalue weighted by Gasteiger charge is -2.26. The topological polar surface area (TPSA) is 64.1 Å². The number of carbonyl (C=O) groups is 1. The molecule has 1 aromatic heterocycles. The number of nitrogens with one attached hydrogen (secondary N) is 1. The van der Waals surface area contributed by atoms with Gasteiger partial charge in [-0.1, -0.05) is 13.8 Å². The van der Waals surface area contributed by atoms with Gasteiger partial charge in [0.2, 0.25) is 0 Å². The lowest BCUT2D eigenvalue weighted by Crippen LogP contribution is -2.40. The van der Waals surface area contributed by atoms with Crippen molar-refractivity contribution in [2.75, 3.05) is 5.32 Å². The maximum absolute atomic E-state index is 12.3. The second-order valence-electron chi connectivity index (χ2n) is 6.97. The smallest absolute Gasteiger partial charge is 0.329 e. The van der Waals surface area contributed by atoms with E-state index in [9.17, 15) is 4.79 Å². The summed E-state index contributed by atoms with van der Waals surface area (Å²) in [6.45, 7) is 9.60. The normalized spacial score (nSPS) is 16.7. The number of hydrogen-bond acceptors (Lipinski definition) is 5. The minimum atomic E-state index is -0.489. The van der Waals surface area contributed by atoms with Gasteiger partial charge in [-0.25, -0.2) is 14.8 Å². The second kappa shape index (κ2) is 6.00. The summed E-state index contributed by atoms with van der Waals surface area (Å²) in [5.74, 6) is 1.91. The highest BCUT2D eigenvalue weighted by Gasteiger charge is 2.29. The summed E-state index contributed by atoms with van der Waals surface area (Å²) in [5.41, 5.74) is -0.489. The molecule has 0 bridgehead atoms. The van der Waals surface area contributed by atoms with Gasteiger partial charge in [-0.15, -0.1) is 0 Å². The summed E-state index contributed by atoms with van der Waals surface area (Å²) in [5, 5.41) is 3.20. The molecule has 5 heteroatoms. The molecule has 116 valence electrons. The summed E-state index contributed by atoms with van der Waals surface area (Å²) >= 11 is 0. The van der Waals surface area contributed by atoms with E-state index in [1.165, 1.54) is 0 Å². The van der Waals surface area contributed by atoms with Gasteiger partial charge in [-0.3, -0.25) is 0 Å². The summed E-state index contributed by atoms with van der Waals surface area (Å²) in [6, 6.07) is 1.39. The number of anilines is 1. The lowest BCUT2D eigenvalue weighted by atomic mass is 10.0. The van der Waals surface area contributed by atoms with Crippen molar-refractivity contribution in [3.8, 4) is 0 Å². The Morgan fingerprint density at radius 2 is 2.05 bits per heavy atom. The monoisotopic (exact) mass is 291 g/mol. The zero-order valence-corrected chi connectivity index (χ0v) is 13.5. The van der Waals surface area contributed by atoms with Crippen LogP contribution < -0.4 is 5.32 Å². The van der Waals surface area contributed by atoms with E-state index in [2.05, 4.69) is 15.3 Å². The second-order valence-corrected chi connectivity index (χ2v) is 6.97. The van der Waals surface area contributed by atoms with E-state index in [1.807, 2.05) is 34.6 Å². The molecule has 0 saturated heterocycles. The number of ether oxygens (including phenoxy) is 1. The standard InChI is InChI=1S/C16H25N3O2/c1-10(2)13(15(20)21-16(3,4)5)18-12-8-9-17-14(19-12)11-6-7-11/h8-11,13H,6-7H2,1-5H3,(H,17,18,19)/t13-/m0/s1. The zero-order chi connectivity index (χ0) is 15.6. The molecule has 0 aromatic carbocycles. The number of carbonyl (C=O) groups excluding carboxylic acids is 1. The van der Waals surface area contributed by atoms with Crippen LogP contribution in [0.25, 0.3) is 0 Å². The average molecular weight is 291 g/mol. The molecule has 2 rings (SSSR count). The Labute approximate surface area is 126 Å². The van der Waals surface area contributed by atoms with E-state index < -0.39 is 11.6 Å². The van der Waals surface area contributed by atoms with Crippen molar-refractivity contribution in [1.29, 1.82) is 0 Å². The molecule has 1 saturated carbocycles. The highest BCUT2D eigenvalue weighted by Crippen LogP contribution is 2.38. The molecule has 1 aliphatic carbocycles. The largest absolute Gasteiger partial charge is 0.458 e. The Bertz CT molecular complexity index is 504. The fraction of sp³-hybridized carbons (Fsp3) is 0.688. The predicted octanol–water partition coefficient (Wildman–Crippen LogP) is 3.13. The van der Waals surface area contributed by atoms with Crippen LogP contribution in [-0.4, -0.2) is 27.6 Å². The van der Waals surface area contributed by atoms with Crippen LogP contribution >= 0.6 is 0 Å². The Balaban J connectivity index is 2.08. The molecule has 0 unspecified atom stereocenters. The molecule has 1 fully saturated rings. The van der Waals surface area contributed by atoms with E-state index in [0.29, 0.717) is 11.7 Å². The molecule has 1 N–H and O–H groups in total. The molecule has 5 nitrogen and oxygen atoms in total. The Morgan fingerprint density at radius 1 is 1.38 bits per heavy atom. The van der Waals surface area contributed by atoms with Gasteiger partial charge in [0.05, 0.1) is 0 Å². The van der Waals surface area contributed by atoms with Crippen molar-refractivity contribution in [2.45, 2.75) is 65.0 Å². The predicted molar refractivity (Wildman–Crippen MR) is 82.1 cm³/mol. The highest BCUT2D eigenvalue weighted by atomic mass is 16.6.